The molecule has 30 heavy (non-hydrogen) atoms. The van der Waals surface area contributed by atoms with E-state index in [9.17, 15) is 23.3 Å². The fourth-order valence-electron chi connectivity index (χ4n) is 2.87. The molecule has 0 aliphatic heterocycles. The molecule has 154 valence electrons. The summed E-state index contributed by atoms with van der Waals surface area (Å²) in [5, 5.41) is 13.9. The highest BCUT2D eigenvalue weighted by molar-refractivity contribution is 7.92. The van der Waals surface area contributed by atoms with Crippen molar-refractivity contribution in [2.75, 3.05) is 11.3 Å². The van der Waals surface area contributed by atoms with Crippen LogP contribution in [0, 0.1) is 10.1 Å². The van der Waals surface area contributed by atoms with E-state index in [0.717, 1.165) is 17.7 Å². The molecule has 3 aromatic rings. The van der Waals surface area contributed by atoms with E-state index >= 15 is 0 Å². The second-order valence-electron chi connectivity index (χ2n) is 6.37. The van der Waals surface area contributed by atoms with E-state index in [1.165, 1.54) is 24.3 Å². The number of hydrogen-bond donors (Lipinski definition) is 2. The SMILES string of the molecule is O=C(NCCc1ccccc1)c1ccccc1NS(=O)(=O)c1ccccc1[N+](=O)[O-]. The molecule has 0 unspecified atom stereocenters. The minimum Gasteiger partial charge on any atom is -0.352 e. The van der Waals surface area contributed by atoms with Crippen molar-refractivity contribution in [2.45, 2.75) is 11.3 Å². The van der Waals surface area contributed by atoms with Gasteiger partial charge in [-0.2, -0.15) is 0 Å². The maximum Gasteiger partial charge on any atom is 0.289 e. The number of rotatable bonds is 8. The van der Waals surface area contributed by atoms with Gasteiger partial charge in [-0.3, -0.25) is 19.6 Å². The minimum atomic E-state index is -4.28. The van der Waals surface area contributed by atoms with Crippen molar-refractivity contribution in [3.63, 3.8) is 0 Å². The average Bonchev–Trinajstić information content (AvgIpc) is 2.74. The number of sulfonamides is 1. The van der Waals surface area contributed by atoms with Crippen LogP contribution in [0.1, 0.15) is 15.9 Å². The molecule has 8 nitrogen and oxygen atoms in total. The van der Waals surface area contributed by atoms with Crippen LogP contribution < -0.4 is 10.0 Å². The maximum atomic E-state index is 12.8. The molecule has 0 atom stereocenters. The highest BCUT2D eigenvalue weighted by Gasteiger charge is 2.26. The Bertz CT molecular complexity index is 1160. The van der Waals surface area contributed by atoms with Gasteiger partial charge >= 0.3 is 0 Å². The summed E-state index contributed by atoms with van der Waals surface area (Å²) in [5.41, 5.74) is 0.665. The molecule has 0 aliphatic carbocycles. The van der Waals surface area contributed by atoms with Gasteiger partial charge in [-0.25, -0.2) is 8.42 Å². The van der Waals surface area contributed by atoms with E-state index in [-0.39, 0.29) is 11.3 Å². The predicted octanol–water partition coefficient (Wildman–Crippen LogP) is 3.37. The predicted molar refractivity (Wildman–Crippen MR) is 113 cm³/mol. The van der Waals surface area contributed by atoms with Gasteiger partial charge in [0.2, 0.25) is 0 Å². The summed E-state index contributed by atoms with van der Waals surface area (Å²) in [7, 11) is -4.28. The lowest BCUT2D eigenvalue weighted by molar-refractivity contribution is -0.387. The van der Waals surface area contributed by atoms with Crippen LogP contribution in [-0.4, -0.2) is 25.8 Å². The van der Waals surface area contributed by atoms with Crippen molar-refractivity contribution >= 4 is 27.3 Å². The molecule has 0 bridgehead atoms. The first-order valence-corrected chi connectivity index (χ1v) is 10.5. The molecular formula is C21H19N3O5S. The Morgan fingerprint density at radius 3 is 2.27 bits per heavy atom. The fourth-order valence-corrected chi connectivity index (χ4v) is 4.12. The molecule has 0 aliphatic rings. The highest BCUT2D eigenvalue weighted by Crippen LogP contribution is 2.26. The summed E-state index contributed by atoms with van der Waals surface area (Å²) in [4.78, 5) is 22.5. The Morgan fingerprint density at radius 2 is 1.53 bits per heavy atom. The first-order chi connectivity index (χ1) is 14.4. The number of hydrogen-bond acceptors (Lipinski definition) is 5. The third kappa shape index (κ3) is 5.00. The van der Waals surface area contributed by atoms with Crippen LogP contribution >= 0.6 is 0 Å². The molecule has 0 radical (unpaired) electrons. The van der Waals surface area contributed by atoms with Crippen LogP contribution in [0.2, 0.25) is 0 Å². The number of benzene rings is 3. The van der Waals surface area contributed by atoms with Crippen LogP contribution in [-0.2, 0) is 16.4 Å². The van der Waals surface area contributed by atoms with E-state index in [1.54, 1.807) is 12.1 Å². The zero-order valence-electron chi connectivity index (χ0n) is 15.8. The second kappa shape index (κ2) is 9.19. The van der Waals surface area contributed by atoms with Crippen molar-refractivity contribution in [1.29, 1.82) is 0 Å². The van der Waals surface area contributed by atoms with Crippen LogP contribution in [0.3, 0.4) is 0 Å². The first kappa shape index (κ1) is 21.0. The quantitative estimate of drug-likeness (QED) is 0.424. The number of carbonyl (C=O) groups excluding carboxylic acids is 1. The Labute approximate surface area is 173 Å². The lowest BCUT2D eigenvalue weighted by atomic mass is 10.1. The summed E-state index contributed by atoms with van der Waals surface area (Å²) in [6, 6.07) is 20.7. The summed E-state index contributed by atoms with van der Waals surface area (Å²) in [6.07, 6.45) is 0.622. The standard InChI is InChI=1S/C21H19N3O5S/c25-21(22-15-14-16-8-2-1-3-9-16)17-10-4-5-11-18(17)23-30(28,29)20-13-7-6-12-19(20)24(26)27/h1-13,23H,14-15H2,(H,22,25). The van der Waals surface area contributed by atoms with Gasteiger partial charge in [-0.1, -0.05) is 54.6 Å². The van der Waals surface area contributed by atoms with Crippen molar-refractivity contribution < 1.29 is 18.1 Å². The Morgan fingerprint density at radius 1 is 0.900 bits per heavy atom. The van der Waals surface area contributed by atoms with Gasteiger partial charge in [0.1, 0.15) is 0 Å². The number of carbonyl (C=O) groups is 1. The number of amides is 1. The van der Waals surface area contributed by atoms with Crippen LogP contribution in [0.4, 0.5) is 11.4 Å². The van der Waals surface area contributed by atoms with Gasteiger partial charge in [0, 0.05) is 12.6 Å². The number of nitrogens with zero attached hydrogens (tertiary/aromatic N) is 1. The van der Waals surface area contributed by atoms with E-state index in [2.05, 4.69) is 10.0 Å². The van der Waals surface area contributed by atoms with Gasteiger partial charge < -0.3 is 5.32 Å². The van der Waals surface area contributed by atoms with Crippen molar-refractivity contribution in [1.82, 2.24) is 5.32 Å². The van der Waals surface area contributed by atoms with E-state index < -0.39 is 31.4 Å². The topological polar surface area (TPSA) is 118 Å². The molecule has 9 heteroatoms. The number of nitro benzene ring substituents is 1. The van der Waals surface area contributed by atoms with Gasteiger partial charge in [0.25, 0.3) is 21.6 Å². The normalized spacial score (nSPS) is 10.9. The second-order valence-corrected chi connectivity index (χ2v) is 8.02. The zero-order chi connectivity index (χ0) is 21.6. The molecular weight excluding hydrogens is 406 g/mol. The third-order valence-electron chi connectivity index (χ3n) is 4.31. The maximum absolute atomic E-state index is 12.8. The lowest BCUT2D eigenvalue weighted by Gasteiger charge is -2.13. The minimum absolute atomic E-state index is 0.0351. The summed E-state index contributed by atoms with van der Waals surface area (Å²) < 4.78 is 27.8. The number of para-hydroxylation sites is 2. The first-order valence-electron chi connectivity index (χ1n) is 9.06. The Hall–Kier alpha value is -3.72. The number of nitrogens with one attached hydrogen (secondary N) is 2. The Kier molecular flexibility index (Phi) is 6.43. The lowest BCUT2D eigenvalue weighted by Crippen LogP contribution is -2.27. The molecule has 0 fully saturated rings. The van der Waals surface area contributed by atoms with Crippen molar-refractivity contribution in [3.05, 3.63) is 100 Å². The molecule has 3 aromatic carbocycles. The molecule has 0 spiro atoms. The van der Waals surface area contributed by atoms with E-state index in [1.807, 2.05) is 30.3 Å². The van der Waals surface area contributed by atoms with Crippen molar-refractivity contribution in [2.24, 2.45) is 0 Å². The molecule has 0 aromatic heterocycles. The number of nitro groups is 1. The highest BCUT2D eigenvalue weighted by atomic mass is 32.2. The molecule has 0 saturated heterocycles. The number of anilines is 1. The summed E-state index contributed by atoms with van der Waals surface area (Å²) >= 11 is 0. The van der Waals surface area contributed by atoms with Gasteiger partial charge in [0.15, 0.2) is 4.90 Å². The molecule has 0 saturated carbocycles. The van der Waals surface area contributed by atoms with Crippen LogP contribution in [0.15, 0.2) is 83.8 Å². The summed E-state index contributed by atoms with van der Waals surface area (Å²) in [5.74, 6) is -0.452. The van der Waals surface area contributed by atoms with Crippen LogP contribution in [0.5, 0.6) is 0 Å². The Balaban J connectivity index is 1.78. The largest absolute Gasteiger partial charge is 0.352 e. The van der Waals surface area contributed by atoms with Gasteiger partial charge in [-0.05, 0) is 30.2 Å². The van der Waals surface area contributed by atoms with Crippen LogP contribution in [0.25, 0.3) is 0 Å². The van der Waals surface area contributed by atoms with E-state index in [0.29, 0.717) is 13.0 Å². The zero-order valence-corrected chi connectivity index (χ0v) is 16.6. The fraction of sp³-hybridized carbons (Fsp3) is 0.0952. The van der Waals surface area contributed by atoms with Gasteiger partial charge in [0.05, 0.1) is 16.2 Å². The average molecular weight is 425 g/mol. The molecule has 0 heterocycles. The summed E-state index contributed by atoms with van der Waals surface area (Å²) in [6.45, 7) is 0.369. The van der Waals surface area contributed by atoms with Crippen molar-refractivity contribution in [3.8, 4) is 0 Å². The van der Waals surface area contributed by atoms with Gasteiger partial charge in [-0.15, -0.1) is 0 Å². The smallest absolute Gasteiger partial charge is 0.289 e. The third-order valence-corrected chi connectivity index (χ3v) is 5.72. The molecule has 3 rings (SSSR count). The molecule has 1 amide bonds. The van der Waals surface area contributed by atoms with E-state index in [4.69, 9.17) is 0 Å². The monoisotopic (exact) mass is 425 g/mol. The molecule has 2 N–H and O–H groups in total.